The highest BCUT2D eigenvalue weighted by molar-refractivity contribution is 5.35. The molecule has 84 valence electrons. The summed E-state index contributed by atoms with van der Waals surface area (Å²) in [5.41, 5.74) is 10.3. The molecule has 0 radical (unpaired) electrons. The van der Waals surface area contributed by atoms with Gasteiger partial charge in [-0.15, -0.1) is 0 Å². The van der Waals surface area contributed by atoms with Crippen molar-refractivity contribution >= 4 is 0 Å². The van der Waals surface area contributed by atoms with Crippen molar-refractivity contribution in [1.82, 2.24) is 0 Å². The maximum absolute atomic E-state index is 6.24. The Bertz CT molecular complexity index is 317. The van der Waals surface area contributed by atoms with E-state index in [4.69, 9.17) is 5.73 Å². The Morgan fingerprint density at radius 2 is 1.93 bits per heavy atom. The van der Waals surface area contributed by atoms with E-state index in [9.17, 15) is 0 Å². The van der Waals surface area contributed by atoms with E-state index < -0.39 is 0 Å². The maximum Gasteiger partial charge on any atom is 0.0300 e. The molecule has 0 saturated heterocycles. The molecule has 0 aliphatic carbocycles. The molecule has 1 aromatic carbocycles. The molecule has 0 aromatic heterocycles. The van der Waals surface area contributed by atoms with Crippen LogP contribution in [0, 0.1) is 19.8 Å². The van der Waals surface area contributed by atoms with Gasteiger partial charge >= 0.3 is 0 Å². The van der Waals surface area contributed by atoms with Gasteiger partial charge in [0.25, 0.3) is 0 Å². The van der Waals surface area contributed by atoms with Crippen LogP contribution in [0.5, 0.6) is 0 Å². The summed E-state index contributed by atoms with van der Waals surface area (Å²) < 4.78 is 0. The van der Waals surface area contributed by atoms with Gasteiger partial charge in [0.05, 0.1) is 0 Å². The van der Waals surface area contributed by atoms with Gasteiger partial charge in [-0.25, -0.2) is 0 Å². The molecule has 1 heteroatoms. The van der Waals surface area contributed by atoms with E-state index in [-0.39, 0.29) is 6.04 Å². The van der Waals surface area contributed by atoms with Crippen LogP contribution < -0.4 is 5.73 Å². The summed E-state index contributed by atoms with van der Waals surface area (Å²) >= 11 is 0. The van der Waals surface area contributed by atoms with Crippen LogP contribution in [0.4, 0.5) is 0 Å². The Morgan fingerprint density at radius 3 is 2.53 bits per heavy atom. The highest BCUT2D eigenvalue weighted by Gasteiger charge is 2.12. The first-order valence-corrected chi connectivity index (χ1v) is 5.88. The van der Waals surface area contributed by atoms with Crippen molar-refractivity contribution < 1.29 is 0 Å². The molecule has 0 fully saturated rings. The molecular formula is C14H23N. The Labute approximate surface area is 93.7 Å². The summed E-state index contributed by atoms with van der Waals surface area (Å²) in [6.07, 6.45) is 2.29. The molecule has 15 heavy (non-hydrogen) atoms. The zero-order chi connectivity index (χ0) is 11.4. The van der Waals surface area contributed by atoms with E-state index >= 15 is 0 Å². The second-order valence-corrected chi connectivity index (χ2v) is 4.64. The van der Waals surface area contributed by atoms with Crippen molar-refractivity contribution in [2.45, 2.75) is 46.6 Å². The summed E-state index contributed by atoms with van der Waals surface area (Å²) in [5.74, 6) is 0.708. The van der Waals surface area contributed by atoms with Crippen molar-refractivity contribution in [3.63, 3.8) is 0 Å². The molecule has 2 N–H and O–H groups in total. The first kappa shape index (κ1) is 12.3. The number of nitrogens with two attached hydrogens (primary N) is 1. The van der Waals surface area contributed by atoms with Crippen LogP contribution in [0.2, 0.25) is 0 Å². The summed E-state index contributed by atoms with van der Waals surface area (Å²) in [6.45, 7) is 8.81. The summed E-state index contributed by atoms with van der Waals surface area (Å²) in [4.78, 5) is 0. The van der Waals surface area contributed by atoms with Crippen molar-refractivity contribution in [2.24, 2.45) is 11.7 Å². The molecular weight excluding hydrogens is 182 g/mol. The fourth-order valence-electron chi connectivity index (χ4n) is 1.90. The zero-order valence-corrected chi connectivity index (χ0v) is 10.4. The standard InChI is InChI=1S/C14H23N/c1-5-10(2)9-14(15)13-8-6-7-11(3)12(13)4/h6-8,10,14H,5,9,15H2,1-4H3. The van der Waals surface area contributed by atoms with Gasteiger partial charge in [0.2, 0.25) is 0 Å². The minimum atomic E-state index is 0.194. The molecule has 1 rings (SSSR count). The third-order valence-electron chi connectivity index (χ3n) is 3.40. The Morgan fingerprint density at radius 1 is 1.27 bits per heavy atom. The lowest BCUT2D eigenvalue weighted by Crippen LogP contribution is -2.15. The lowest BCUT2D eigenvalue weighted by molar-refractivity contribution is 0.460. The fraction of sp³-hybridized carbons (Fsp3) is 0.571. The normalized spacial score (nSPS) is 15.0. The van der Waals surface area contributed by atoms with E-state index in [0.717, 1.165) is 6.42 Å². The van der Waals surface area contributed by atoms with Crippen LogP contribution >= 0.6 is 0 Å². The summed E-state index contributed by atoms with van der Waals surface area (Å²) in [7, 11) is 0. The quantitative estimate of drug-likeness (QED) is 0.796. The third-order valence-corrected chi connectivity index (χ3v) is 3.40. The van der Waals surface area contributed by atoms with Crippen LogP contribution in [-0.4, -0.2) is 0 Å². The van der Waals surface area contributed by atoms with Gasteiger partial charge in [-0.1, -0.05) is 38.5 Å². The highest BCUT2D eigenvalue weighted by Crippen LogP contribution is 2.24. The molecule has 0 spiro atoms. The molecule has 0 amide bonds. The predicted molar refractivity (Wildman–Crippen MR) is 66.9 cm³/mol. The maximum atomic E-state index is 6.24. The first-order chi connectivity index (χ1) is 7.06. The van der Waals surface area contributed by atoms with E-state index in [1.54, 1.807) is 0 Å². The van der Waals surface area contributed by atoms with Gasteiger partial charge in [0.1, 0.15) is 0 Å². The molecule has 1 nitrogen and oxygen atoms in total. The SMILES string of the molecule is CCC(C)CC(N)c1cccc(C)c1C. The van der Waals surface area contributed by atoms with E-state index in [1.807, 2.05) is 0 Å². The van der Waals surface area contributed by atoms with Gasteiger partial charge in [0.15, 0.2) is 0 Å². The minimum absolute atomic E-state index is 0.194. The Kier molecular flexibility index (Phi) is 4.34. The van der Waals surface area contributed by atoms with E-state index in [2.05, 4.69) is 45.9 Å². The lowest BCUT2D eigenvalue weighted by atomic mass is 9.91. The molecule has 0 heterocycles. The van der Waals surface area contributed by atoms with Crippen LogP contribution in [0.15, 0.2) is 18.2 Å². The number of aryl methyl sites for hydroxylation is 1. The van der Waals surface area contributed by atoms with Crippen LogP contribution in [0.25, 0.3) is 0 Å². The van der Waals surface area contributed by atoms with Gasteiger partial charge in [-0.3, -0.25) is 0 Å². The molecule has 1 aromatic rings. The van der Waals surface area contributed by atoms with Crippen LogP contribution in [-0.2, 0) is 0 Å². The second-order valence-electron chi connectivity index (χ2n) is 4.64. The van der Waals surface area contributed by atoms with E-state index in [1.165, 1.54) is 23.1 Å². The number of hydrogen-bond donors (Lipinski definition) is 1. The smallest absolute Gasteiger partial charge is 0.0300 e. The molecule has 0 aliphatic rings. The predicted octanol–water partition coefficient (Wildman–Crippen LogP) is 3.74. The molecule has 0 saturated carbocycles. The van der Waals surface area contributed by atoms with Crippen molar-refractivity contribution in [3.05, 3.63) is 34.9 Å². The second kappa shape index (κ2) is 5.32. The first-order valence-electron chi connectivity index (χ1n) is 5.88. The topological polar surface area (TPSA) is 26.0 Å². The Balaban J connectivity index is 2.82. The highest BCUT2D eigenvalue weighted by atomic mass is 14.6. The summed E-state index contributed by atoms with van der Waals surface area (Å²) in [6, 6.07) is 6.61. The molecule has 2 atom stereocenters. The van der Waals surface area contributed by atoms with Gasteiger partial charge in [-0.2, -0.15) is 0 Å². The zero-order valence-electron chi connectivity index (χ0n) is 10.4. The van der Waals surface area contributed by atoms with Gasteiger partial charge < -0.3 is 5.73 Å². The van der Waals surface area contributed by atoms with Crippen molar-refractivity contribution in [3.8, 4) is 0 Å². The minimum Gasteiger partial charge on any atom is -0.324 e. The third kappa shape index (κ3) is 3.07. The average molecular weight is 205 g/mol. The molecule has 0 bridgehead atoms. The number of hydrogen-bond acceptors (Lipinski definition) is 1. The fourth-order valence-corrected chi connectivity index (χ4v) is 1.90. The average Bonchev–Trinajstić information content (AvgIpc) is 2.21. The largest absolute Gasteiger partial charge is 0.324 e. The van der Waals surface area contributed by atoms with Crippen molar-refractivity contribution in [1.29, 1.82) is 0 Å². The van der Waals surface area contributed by atoms with Crippen LogP contribution in [0.1, 0.15) is 49.4 Å². The van der Waals surface area contributed by atoms with Crippen LogP contribution in [0.3, 0.4) is 0 Å². The monoisotopic (exact) mass is 205 g/mol. The molecule has 2 unspecified atom stereocenters. The Hall–Kier alpha value is -0.820. The number of rotatable bonds is 4. The van der Waals surface area contributed by atoms with Gasteiger partial charge in [-0.05, 0) is 42.9 Å². The number of benzene rings is 1. The van der Waals surface area contributed by atoms with Crippen molar-refractivity contribution in [2.75, 3.05) is 0 Å². The lowest BCUT2D eigenvalue weighted by Gasteiger charge is -2.19. The molecule has 0 aliphatic heterocycles. The summed E-state index contributed by atoms with van der Waals surface area (Å²) in [5, 5.41) is 0. The van der Waals surface area contributed by atoms with E-state index in [0.29, 0.717) is 5.92 Å². The van der Waals surface area contributed by atoms with Gasteiger partial charge in [0, 0.05) is 6.04 Å².